The van der Waals surface area contributed by atoms with Gasteiger partial charge in [0.1, 0.15) is 0 Å². The molecule has 0 heterocycles. The van der Waals surface area contributed by atoms with Crippen molar-refractivity contribution in [1.82, 2.24) is 0 Å². The summed E-state index contributed by atoms with van der Waals surface area (Å²) >= 11 is 0. The molecule has 0 aromatic heterocycles. The van der Waals surface area contributed by atoms with Gasteiger partial charge in [0.15, 0.2) is 0 Å². The van der Waals surface area contributed by atoms with Crippen molar-refractivity contribution in [2.45, 2.75) is 77.0 Å². The van der Waals surface area contributed by atoms with Gasteiger partial charge in [-0.05, 0) is 31.6 Å². The second-order valence-electron chi connectivity index (χ2n) is 5.46. The molecular weight excluding hydrogens is 208 g/mol. The topological polar surface area (TPSA) is 20.2 Å². The average Bonchev–Trinajstić information content (AvgIpc) is 2.85. The lowest BCUT2D eigenvalue weighted by Crippen LogP contribution is -1.91. The van der Waals surface area contributed by atoms with Gasteiger partial charge in [0.2, 0.25) is 0 Å². The average molecular weight is 238 g/mol. The van der Waals surface area contributed by atoms with Crippen molar-refractivity contribution in [1.29, 1.82) is 0 Å². The molecule has 0 saturated carbocycles. The van der Waals surface area contributed by atoms with Crippen LogP contribution in [0, 0.1) is 5.92 Å². The highest BCUT2D eigenvalue weighted by molar-refractivity contribution is 4.95. The molecule has 0 saturated heterocycles. The predicted molar refractivity (Wildman–Crippen MR) is 75.1 cm³/mol. The smallest absolute Gasteiger partial charge is 0.0431 e. The van der Waals surface area contributed by atoms with E-state index in [-0.39, 0.29) is 0 Å². The van der Waals surface area contributed by atoms with Crippen LogP contribution in [0.15, 0.2) is 12.2 Å². The molecule has 1 N–H and O–H groups in total. The summed E-state index contributed by atoms with van der Waals surface area (Å²) in [5.74, 6) is 0.911. The molecule has 0 bridgehead atoms. The van der Waals surface area contributed by atoms with E-state index in [2.05, 4.69) is 12.2 Å². The highest BCUT2D eigenvalue weighted by Gasteiger charge is 2.07. The number of allylic oxidation sites excluding steroid dienone is 2. The standard InChI is InChI=1S/C16H30O/c17-15-11-7-5-3-1-2-4-6-8-12-16-13-9-10-14-16/h9,13,16-17H,1-8,10-12,14-15H2/t16-/m0/s1. The minimum atomic E-state index is 0.371. The van der Waals surface area contributed by atoms with E-state index in [1.807, 2.05) is 0 Å². The van der Waals surface area contributed by atoms with Crippen LogP contribution in [0.4, 0.5) is 0 Å². The third kappa shape index (κ3) is 8.43. The molecule has 0 amide bonds. The van der Waals surface area contributed by atoms with Gasteiger partial charge in [0, 0.05) is 6.61 Å². The molecule has 0 radical (unpaired) electrons. The van der Waals surface area contributed by atoms with Crippen molar-refractivity contribution in [2.75, 3.05) is 6.61 Å². The normalized spacial score (nSPS) is 19.0. The first-order chi connectivity index (χ1) is 8.43. The van der Waals surface area contributed by atoms with Crippen LogP contribution >= 0.6 is 0 Å². The molecule has 1 heteroatoms. The Bertz CT molecular complexity index is 186. The second-order valence-corrected chi connectivity index (χ2v) is 5.46. The molecule has 1 rings (SSSR count). The Morgan fingerprint density at radius 2 is 1.41 bits per heavy atom. The van der Waals surface area contributed by atoms with E-state index in [4.69, 9.17) is 5.11 Å². The van der Waals surface area contributed by atoms with Crippen LogP contribution in [0.3, 0.4) is 0 Å². The molecule has 0 aromatic carbocycles. The zero-order valence-corrected chi connectivity index (χ0v) is 11.4. The maximum absolute atomic E-state index is 8.65. The molecule has 1 atom stereocenters. The first-order valence-electron chi connectivity index (χ1n) is 7.71. The summed E-state index contributed by atoms with van der Waals surface area (Å²) in [5.41, 5.74) is 0. The summed E-state index contributed by atoms with van der Waals surface area (Å²) in [6, 6.07) is 0. The minimum absolute atomic E-state index is 0.371. The van der Waals surface area contributed by atoms with Gasteiger partial charge in [0.05, 0.1) is 0 Å². The molecule has 100 valence electrons. The van der Waals surface area contributed by atoms with Gasteiger partial charge >= 0.3 is 0 Å². The SMILES string of the molecule is OCCCCCCCCCCC[C@H]1C=CCC1. The molecule has 0 aliphatic heterocycles. The minimum Gasteiger partial charge on any atom is -0.396 e. The number of aliphatic hydroxyl groups is 1. The fraction of sp³-hybridized carbons (Fsp3) is 0.875. The van der Waals surface area contributed by atoms with Crippen LogP contribution < -0.4 is 0 Å². The fourth-order valence-corrected chi connectivity index (χ4v) is 2.69. The summed E-state index contributed by atoms with van der Waals surface area (Å²) in [6.07, 6.45) is 20.9. The second kappa shape index (κ2) is 10.8. The highest BCUT2D eigenvalue weighted by Crippen LogP contribution is 2.23. The van der Waals surface area contributed by atoms with Gasteiger partial charge in [-0.3, -0.25) is 0 Å². The first-order valence-corrected chi connectivity index (χ1v) is 7.71. The van der Waals surface area contributed by atoms with Crippen LogP contribution in [0.5, 0.6) is 0 Å². The zero-order chi connectivity index (χ0) is 12.2. The Balaban J connectivity index is 1.71. The van der Waals surface area contributed by atoms with E-state index >= 15 is 0 Å². The maximum Gasteiger partial charge on any atom is 0.0431 e. The van der Waals surface area contributed by atoms with E-state index in [1.54, 1.807) is 0 Å². The van der Waals surface area contributed by atoms with Crippen molar-refractivity contribution in [3.8, 4) is 0 Å². The summed E-state index contributed by atoms with van der Waals surface area (Å²) in [6.45, 7) is 0.371. The lowest BCUT2D eigenvalue weighted by atomic mass is 9.99. The third-order valence-corrected chi connectivity index (χ3v) is 3.85. The molecule has 1 aliphatic carbocycles. The highest BCUT2D eigenvalue weighted by atomic mass is 16.2. The van der Waals surface area contributed by atoms with E-state index < -0.39 is 0 Å². The monoisotopic (exact) mass is 238 g/mol. The van der Waals surface area contributed by atoms with E-state index in [0.717, 1.165) is 12.3 Å². The lowest BCUT2D eigenvalue weighted by molar-refractivity contribution is 0.282. The quantitative estimate of drug-likeness (QED) is 0.403. The van der Waals surface area contributed by atoms with Crippen molar-refractivity contribution in [3.05, 3.63) is 12.2 Å². The predicted octanol–water partition coefficient (Wildman–Crippen LogP) is 4.85. The van der Waals surface area contributed by atoms with Gasteiger partial charge in [0.25, 0.3) is 0 Å². The Morgan fingerprint density at radius 1 is 0.824 bits per heavy atom. The number of unbranched alkanes of at least 4 members (excludes halogenated alkanes) is 8. The number of hydrogen-bond acceptors (Lipinski definition) is 1. The Labute approximate surface area is 107 Å². The van der Waals surface area contributed by atoms with Crippen LogP contribution in [0.25, 0.3) is 0 Å². The molecule has 0 aromatic rings. The van der Waals surface area contributed by atoms with Gasteiger partial charge in [-0.25, -0.2) is 0 Å². The lowest BCUT2D eigenvalue weighted by Gasteiger charge is -2.06. The molecule has 1 aliphatic rings. The molecule has 17 heavy (non-hydrogen) atoms. The summed E-state index contributed by atoms with van der Waals surface area (Å²) in [4.78, 5) is 0. The van der Waals surface area contributed by atoms with Gasteiger partial charge < -0.3 is 5.11 Å². The Hall–Kier alpha value is -0.300. The summed E-state index contributed by atoms with van der Waals surface area (Å²) in [5, 5.41) is 8.65. The number of rotatable bonds is 11. The fourth-order valence-electron chi connectivity index (χ4n) is 2.69. The van der Waals surface area contributed by atoms with Gasteiger partial charge in [-0.15, -0.1) is 0 Å². The Morgan fingerprint density at radius 3 is 1.94 bits per heavy atom. The Kier molecular flexibility index (Phi) is 9.40. The van der Waals surface area contributed by atoms with Crippen LogP contribution in [0.2, 0.25) is 0 Å². The van der Waals surface area contributed by atoms with Crippen molar-refractivity contribution < 1.29 is 5.11 Å². The molecular formula is C16H30O. The summed E-state index contributed by atoms with van der Waals surface area (Å²) < 4.78 is 0. The number of aliphatic hydroxyl groups excluding tert-OH is 1. The maximum atomic E-state index is 8.65. The van der Waals surface area contributed by atoms with Gasteiger partial charge in [-0.1, -0.05) is 63.5 Å². The zero-order valence-electron chi connectivity index (χ0n) is 11.4. The first kappa shape index (κ1) is 14.8. The molecule has 0 unspecified atom stereocenters. The molecule has 0 fully saturated rings. The van der Waals surface area contributed by atoms with E-state index in [0.29, 0.717) is 6.61 Å². The number of hydrogen-bond donors (Lipinski definition) is 1. The van der Waals surface area contributed by atoms with Crippen LogP contribution in [-0.2, 0) is 0 Å². The van der Waals surface area contributed by atoms with Crippen molar-refractivity contribution in [3.63, 3.8) is 0 Å². The van der Waals surface area contributed by atoms with Crippen LogP contribution in [-0.4, -0.2) is 11.7 Å². The largest absolute Gasteiger partial charge is 0.396 e. The van der Waals surface area contributed by atoms with E-state index in [9.17, 15) is 0 Å². The van der Waals surface area contributed by atoms with E-state index in [1.165, 1.54) is 70.6 Å². The summed E-state index contributed by atoms with van der Waals surface area (Å²) in [7, 11) is 0. The molecule has 1 nitrogen and oxygen atoms in total. The molecule has 0 spiro atoms. The van der Waals surface area contributed by atoms with Crippen molar-refractivity contribution >= 4 is 0 Å². The van der Waals surface area contributed by atoms with Crippen molar-refractivity contribution in [2.24, 2.45) is 5.92 Å². The van der Waals surface area contributed by atoms with Crippen LogP contribution in [0.1, 0.15) is 77.0 Å². The van der Waals surface area contributed by atoms with Gasteiger partial charge in [-0.2, -0.15) is 0 Å². The third-order valence-electron chi connectivity index (χ3n) is 3.85.